The number of amides is 1. The van der Waals surface area contributed by atoms with E-state index in [2.05, 4.69) is 20.5 Å². The van der Waals surface area contributed by atoms with Crippen LogP contribution in [0.25, 0.3) is 10.6 Å². The Hall–Kier alpha value is -3.18. The monoisotopic (exact) mass is 461 g/mol. The number of aromatic nitrogens is 3. The van der Waals surface area contributed by atoms with Gasteiger partial charge in [-0.15, -0.1) is 10.2 Å². The molecule has 1 amide bonds. The molecule has 1 aromatic carbocycles. The summed E-state index contributed by atoms with van der Waals surface area (Å²) in [6, 6.07) is 3.26. The van der Waals surface area contributed by atoms with Gasteiger partial charge in [0.1, 0.15) is 16.6 Å². The summed E-state index contributed by atoms with van der Waals surface area (Å²) in [6.07, 6.45) is 3.83. The van der Waals surface area contributed by atoms with E-state index in [-0.39, 0.29) is 34.4 Å². The van der Waals surface area contributed by atoms with Gasteiger partial charge in [0.15, 0.2) is 16.5 Å². The summed E-state index contributed by atoms with van der Waals surface area (Å²) in [5.41, 5.74) is -0.640. The number of hydrogen-bond acceptors (Lipinski definition) is 7. The van der Waals surface area contributed by atoms with Crippen molar-refractivity contribution in [1.29, 1.82) is 0 Å². The Morgan fingerprint density at radius 3 is 2.91 bits per heavy atom. The molecule has 32 heavy (non-hydrogen) atoms. The number of hydrogen-bond donors (Lipinski definition) is 3. The molecule has 1 saturated heterocycles. The molecule has 0 aliphatic carbocycles. The zero-order valence-corrected chi connectivity index (χ0v) is 18.0. The van der Waals surface area contributed by atoms with Crippen molar-refractivity contribution in [1.82, 2.24) is 25.4 Å². The lowest BCUT2D eigenvalue weighted by molar-refractivity contribution is 0.0566. The Labute approximate surface area is 185 Å². The van der Waals surface area contributed by atoms with Crippen LogP contribution < -0.4 is 10.7 Å². The van der Waals surface area contributed by atoms with Gasteiger partial charge in [-0.05, 0) is 37.9 Å². The van der Waals surface area contributed by atoms with Crippen molar-refractivity contribution in [2.45, 2.75) is 31.8 Å². The average Bonchev–Trinajstić information content (AvgIpc) is 3.25. The molecule has 3 heterocycles. The third-order valence-electron chi connectivity index (χ3n) is 5.42. The zero-order chi connectivity index (χ0) is 22.8. The molecule has 1 aliphatic heterocycles. The first-order valence-corrected chi connectivity index (χ1v) is 10.9. The average molecular weight is 461 g/mol. The van der Waals surface area contributed by atoms with Crippen molar-refractivity contribution >= 4 is 17.2 Å². The fraction of sp³-hybridized carbons (Fsp3) is 0.333. The van der Waals surface area contributed by atoms with Crippen molar-refractivity contribution in [3.63, 3.8) is 0 Å². The first-order valence-electron chi connectivity index (χ1n) is 10.1. The number of carbonyl (C=O) groups excluding carboxylic acids is 1. The summed E-state index contributed by atoms with van der Waals surface area (Å²) < 4.78 is 27.0. The van der Waals surface area contributed by atoms with Crippen molar-refractivity contribution in [2.75, 3.05) is 13.6 Å². The van der Waals surface area contributed by atoms with Crippen LogP contribution in [0.4, 0.5) is 8.78 Å². The summed E-state index contributed by atoms with van der Waals surface area (Å²) in [5, 5.41) is 22.1. The molecule has 4 rings (SSSR count). The molecular formula is C21H21F2N5O3S. The highest BCUT2D eigenvalue weighted by atomic mass is 32.1. The molecule has 8 nitrogen and oxygen atoms in total. The lowest BCUT2D eigenvalue weighted by atomic mass is 10.1. The minimum absolute atomic E-state index is 0.0474. The highest BCUT2D eigenvalue weighted by Crippen LogP contribution is 2.26. The van der Waals surface area contributed by atoms with Crippen molar-refractivity contribution in [3.8, 4) is 16.3 Å². The first-order chi connectivity index (χ1) is 15.4. The van der Waals surface area contributed by atoms with Crippen LogP contribution in [-0.4, -0.2) is 50.9 Å². The van der Waals surface area contributed by atoms with E-state index in [1.165, 1.54) is 12.3 Å². The highest BCUT2D eigenvalue weighted by molar-refractivity contribution is 7.14. The van der Waals surface area contributed by atoms with Crippen LogP contribution >= 0.6 is 11.3 Å². The number of benzene rings is 1. The van der Waals surface area contributed by atoms with Gasteiger partial charge in [-0.25, -0.2) is 8.78 Å². The number of nitrogens with one attached hydrogen (secondary N) is 2. The first kappa shape index (κ1) is 22.0. The minimum Gasteiger partial charge on any atom is -0.503 e. The number of halogens is 2. The van der Waals surface area contributed by atoms with Crippen LogP contribution in [0.15, 0.2) is 29.2 Å². The fourth-order valence-corrected chi connectivity index (χ4v) is 4.60. The minimum atomic E-state index is -0.749. The number of aromatic amines is 1. The van der Waals surface area contributed by atoms with Crippen LogP contribution in [0, 0.1) is 11.6 Å². The maximum atomic E-state index is 13.9. The van der Waals surface area contributed by atoms with Gasteiger partial charge in [0, 0.05) is 25.2 Å². The molecule has 3 aromatic rings. The maximum absolute atomic E-state index is 13.9. The normalized spacial score (nSPS) is 16.3. The van der Waals surface area contributed by atoms with E-state index in [9.17, 15) is 23.5 Å². The molecule has 1 atom stereocenters. The summed E-state index contributed by atoms with van der Waals surface area (Å²) in [6.45, 7) is 0.521. The SMILES string of the molecule is CNC1CCCCN1C(=O)c1[nH]cc(-c2nnc(Cc3ccc(F)cc3F)s2)c(=O)c1O. The van der Waals surface area contributed by atoms with Gasteiger partial charge >= 0.3 is 0 Å². The van der Waals surface area contributed by atoms with Crippen molar-refractivity contribution < 1.29 is 18.7 Å². The molecule has 11 heteroatoms. The van der Waals surface area contributed by atoms with E-state index >= 15 is 0 Å². The summed E-state index contributed by atoms with van der Waals surface area (Å²) >= 11 is 1.04. The van der Waals surface area contributed by atoms with Crippen molar-refractivity contribution in [3.05, 3.63) is 62.5 Å². The lowest BCUT2D eigenvalue weighted by Crippen LogP contribution is -2.50. The smallest absolute Gasteiger partial charge is 0.275 e. The number of rotatable bonds is 5. The molecule has 0 radical (unpaired) electrons. The number of nitrogens with zero attached hydrogens (tertiary/aromatic N) is 3. The Morgan fingerprint density at radius 2 is 2.16 bits per heavy atom. The summed E-state index contributed by atoms with van der Waals surface area (Å²) in [5.74, 6) is -2.52. The third kappa shape index (κ3) is 4.26. The highest BCUT2D eigenvalue weighted by Gasteiger charge is 2.30. The molecule has 0 bridgehead atoms. The van der Waals surface area contributed by atoms with Crippen LogP contribution in [0.2, 0.25) is 0 Å². The van der Waals surface area contributed by atoms with Crippen molar-refractivity contribution in [2.24, 2.45) is 0 Å². The van der Waals surface area contributed by atoms with Crippen LogP contribution in [0.3, 0.4) is 0 Å². The fourth-order valence-electron chi connectivity index (χ4n) is 3.72. The summed E-state index contributed by atoms with van der Waals surface area (Å²) in [7, 11) is 1.76. The molecule has 1 unspecified atom stereocenters. The quantitative estimate of drug-likeness (QED) is 0.539. The number of piperidine rings is 1. The Morgan fingerprint density at radius 1 is 1.34 bits per heavy atom. The largest absolute Gasteiger partial charge is 0.503 e. The maximum Gasteiger partial charge on any atom is 0.275 e. The Balaban J connectivity index is 1.59. The van der Waals surface area contributed by atoms with Gasteiger partial charge in [-0.3, -0.25) is 9.59 Å². The predicted molar refractivity (Wildman–Crippen MR) is 115 cm³/mol. The van der Waals surface area contributed by atoms with Gasteiger partial charge in [-0.2, -0.15) is 0 Å². The van der Waals surface area contributed by atoms with Crippen LogP contribution in [0.5, 0.6) is 5.75 Å². The molecular weight excluding hydrogens is 440 g/mol. The van der Waals surface area contributed by atoms with E-state index in [1.54, 1.807) is 11.9 Å². The lowest BCUT2D eigenvalue weighted by Gasteiger charge is -2.35. The second-order valence-corrected chi connectivity index (χ2v) is 8.53. The second-order valence-electron chi connectivity index (χ2n) is 7.47. The molecule has 168 valence electrons. The Bertz CT molecular complexity index is 1210. The number of carbonyl (C=O) groups is 1. The zero-order valence-electron chi connectivity index (χ0n) is 17.2. The second kappa shape index (κ2) is 9.13. The van der Waals surface area contributed by atoms with Crippen LogP contribution in [0.1, 0.15) is 40.3 Å². The van der Waals surface area contributed by atoms with Gasteiger partial charge in [0.05, 0.1) is 11.7 Å². The van der Waals surface area contributed by atoms with Gasteiger partial charge < -0.3 is 20.3 Å². The third-order valence-corrected chi connectivity index (χ3v) is 6.38. The van der Waals surface area contributed by atoms with E-state index in [0.29, 0.717) is 11.6 Å². The molecule has 2 aromatic heterocycles. The predicted octanol–water partition coefficient (Wildman–Crippen LogP) is 2.64. The van der Waals surface area contributed by atoms with E-state index in [0.717, 1.165) is 42.7 Å². The van der Waals surface area contributed by atoms with Gasteiger partial charge in [0.2, 0.25) is 5.43 Å². The van der Waals surface area contributed by atoms with Gasteiger partial charge in [0.25, 0.3) is 5.91 Å². The Kier molecular flexibility index (Phi) is 6.28. The van der Waals surface area contributed by atoms with Gasteiger partial charge in [-0.1, -0.05) is 17.4 Å². The van der Waals surface area contributed by atoms with E-state index in [1.807, 2.05) is 0 Å². The standard InChI is InChI=1S/C21H21F2N5O3S/c1-24-15-4-2-3-7-28(15)21(31)17-19(30)18(29)13(10-25-17)20-27-26-16(32-20)8-11-5-6-12(22)9-14(11)23/h5-6,9-10,15,24,30H,2-4,7-8H2,1H3,(H,25,29). The number of aromatic hydroxyl groups is 1. The molecule has 3 N–H and O–H groups in total. The molecule has 1 fully saturated rings. The number of pyridine rings is 1. The molecule has 0 spiro atoms. The molecule has 0 saturated carbocycles. The molecule has 1 aliphatic rings. The van der Waals surface area contributed by atoms with E-state index in [4.69, 9.17) is 0 Å². The topological polar surface area (TPSA) is 111 Å². The number of likely N-dealkylation sites (tertiary alicyclic amines) is 1. The van der Waals surface area contributed by atoms with Crippen LogP contribution in [-0.2, 0) is 6.42 Å². The summed E-state index contributed by atoms with van der Waals surface area (Å²) in [4.78, 5) is 30.0. The van der Waals surface area contributed by atoms with E-state index < -0.39 is 28.7 Å². The number of H-pyrrole nitrogens is 1.